The van der Waals surface area contributed by atoms with E-state index in [1.165, 1.54) is 12.1 Å². The van der Waals surface area contributed by atoms with Crippen LogP contribution in [0.2, 0.25) is 0 Å². The average Bonchev–Trinajstić information content (AvgIpc) is 2.58. The molecule has 1 aliphatic rings. The van der Waals surface area contributed by atoms with E-state index in [4.69, 9.17) is 15.2 Å². The molecule has 1 aliphatic heterocycles. The molecular weight excluding hydrogens is 324 g/mol. The molecule has 0 bridgehead atoms. The van der Waals surface area contributed by atoms with Crippen LogP contribution in [0, 0.1) is 0 Å². The SMILES string of the molecule is C[C@H]1CCC[C@H](C)N1C(=O)COC(=O)COc1ccccc1C(N)=O. The molecule has 1 aromatic carbocycles. The molecule has 7 heteroatoms. The zero-order chi connectivity index (χ0) is 18.4. The topological polar surface area (TPSA) is 98.9 Å². The average molecular weight is 348 g/mol. The Morgan fingerprint density at radius 1 is 1.12 bits per heavy atom. The summed E-state index contributed by atoms with van der Waals surface area (Å²) >= 11 is 0. The third-order valence-electron chi connectivity index (χ3n) is 4.34. The normalized spacial score (nSPS) is 20.0. The van der Waals surface area contributed by atoms with E-state index in [1.807, 2.05) is 13.8 Å². The summed E-state index contributed by atoms with van der Waals surface area (Å²) in [7, 11) is 0. The first-order valence-electron chi connectivity index (χ1n) is 8.38. The van der Waals surface area contributed by atoms with Crippen molar-refractivity contribution in [3.05, 3.63) is 29.8 Å². The number of nitrogens with zero attached hydrogens (tertiary/aromatic N) is 1. The molecular formula is C18H24N2O5. The molecule has 0 unspecified atom stereocenters. The van der Waals surface area contributed by atoms with Crippen molar-refractivity contribution in [1.29, 1.82) is 0 Å². The maximum Gasteiger partial charge on any atom is 0.344 e. The highest BCUT2D eigenvalue weighted by molar-refractivity contribution is 5.95. The molecule has 1 saturated heterocycles. The summed E-state index contributed by atoms with van der Waals surface area (Å²) in [6.07, 6.45) is 3.01. The van der Waals surface area contributed by atoms with Crippen LogP contribution in [0.25, 0.3) is 0 Å². The van der Waals surface area contributed by atoms with Gasteiger partial charge in [0.1, 0.15) is 5.75 Å². The minimum atomic E-state index is -0.676. The van der Waals surface area contributed by atoms with Crippen LogP contribution in [0.1, 0.15) is 43.5 Å². The fourth-order valence-electron chi connectivity index (χ4n) is 3.10. The Bertz CT molecular complexity index is 636. The number of hydrogen-bond acceptors (Lipinski definition) is 5. The highest BCUT2D eigenvalue weighted by atomic mass is 16.6. The van der Waals surface area contributed by atoms with Crippen molar-refractivity contribution in [2.24, 2.45) is 5.73 Å². The molecule has 7 nitrogen and oxygen atoms in total. The molecule has 0 radical (unpaired) electrons. The van der Waals surface area contributed by atoms with Crippen LogP contribution < -0.4 is 10.5 Å². The number of nitrogens with two attached hydrogens (primary N) is 1. The van der Waals surface area contributed by atoms with Crippen molar-refractivity contribution in [3.63, 3.8) is 0 Å². The number of piperidine rings is 1. The highest BCUT2D eigenvalue weighted by Gasteiger charge is 2.29. The van der Waals surface area contributed by atoms with E-state index in [2.05, 4.69) is 0 Å². The number of rotatable bonds is 6. The van der Waals surface area contributed by atoms with Crippen LogP contribution in [0.4, 0.5) is 0 Å². The van der Waals surface area contributed by atoms with Crippen molar-refractivity contribution in [1.82, 2.24) is 4.90 Å². The summed E-state index contributed by atoms with van der Waals surface area (Å²) in [6, 6.07) is 6.64. The molecule has 2 N–H and O–H groups in total. The maximum absolute atomic E-state index is 12.3. The molecule has 0 spiro atoms. The van der Waals surface area contributed by atoms with Crippen molar-refractivity contribution >= 4 is 17.8 Å². The van der Waals surface area contributed by atoms with Gasteiger partial charge in [-0.05, 0) is 45.2 Å². The van der Waals surface area contributed by atoms with Gasteiger partial charge >= 0.3 is 5.97 Å². The molecule has 1 aromatic rings. The lowest BCUT2D eigenvalue weighted by atomic mass is 9.97. The van der Waals surface area contributed by atoms with Crippen LogP contribution in [0.5, 0.6) is 5.75 Å². The predicted octanol–water partition coefficient (Wildman–Crippen LogP) is 1.50. The van der Waals surface area contributed by atoms with Gasteiger partial charge in [-0.15, -0.1) is 0 Å². The third-order valence-corrected chi connectivity index (χ3v) is 4.34. The first-order valence-corrected chi connectivity index (χ1v) is 8.38. The third kappa shape index (κ3) is 4.95. The summed E-state index contributed by atoms with van der Waals surface area (Å²) in [6.45, 7) is 3.29. The second-order valence-electron chi connectivity index (χ2n) is 6.24. The van der Waals surface area contributed by atoms with Crippen LogP contribution in [0.15, 0.2) is 24.3 Å². The lowest BCUT2D eigenvalue weighted by Crippen LogP contribution is -2.49. The summed E-state index contributed by atoms with van der Waals surface area (Å²) < 4.78 is 10.3. The Morgan fingerprint density at radius 2 is 1.76 bits per heavy atom. The number of primary amides is 1. The Hall–Kier alpha value is -2.57. The minimum Gasteiger partial charge on any atom is -0.481 e. The number of hydrogen-bond donors (Lipinski definition) is 1. The van der Waals surface area contributed by atoms with E-state index in [1.54, 1.807) is 17.0 Å². The number of amides is 2. The number of esters is 1. The van der Waals surface area contributed by atoms with Gasteiger partial charge in [0.25, 0.3) is 11.8 Å². The van der Waals surface area contributed by atoms with Crippen molar-refractivity contribution < 1.29 is 23.9 Å². The molecule has 25 heavy (non-hydrogen) atoms. The van der Waals surface area contributed by atoms with Gasteiger partial charge in [0.05, 0.1) is 5.56 Å². The smallest absolute Gasteiger partial charge is 0.344 e. The summed E-state index contributed by atoms with van der Waals surface area (Å²) in [5.41, 5.74) is 5.43. The number of carbonyl (C=O) groups excluding carboxylic acids is 3. The first-order chi connectivity index (χ1) is 11.9. The van der Waals surface area contributed by atoms with E-state index < -0.39 is 18.5 Å². The number of ether oxygens (including phenoxy) is 2. The standard InChI is InChI=1S/C18H24N2O5/c1-12-6-5-7-13(2)20(12)16(21)10-25-17(22)11-24-15-9-4-3-8-14(15)18(19)23/h3-4,8-9,12-13H,5-7,10-11H2,1-2H3,(H2,19,23)/t12-,13-/m0/s1. The van der Waals surface area contributed by atoms with Gasteiger partial charge in [0.15, 0.2) is 13.2 Å². The van der Waals surface area contributed by atoms with E-state index in [-0.39, 0.29) is 35.9 Å². The van der Waals surface area contributed by atoms with Crippen LogP contribution in [-0.4, -0.2) is 48.0 Å². The number of carbonyl (C=O) groups is 3. The van der Waals surface area contributed by atoms with Crippen molar-refractivity contribution in [3.8, 4) is 5.75 Å². The molecule has 2 amide bonds. The molecule has 1 fully saturated rings. The molecule has 0 aliphatic carbocycles. The summed E-state index contributed by atoms with van der Waals surface area (Å²) in [5.74, 6) is -1.32. The Balaban J connectivity index is 1.83. The Morgan fingerprint density at radius 3 is 2.40 bits per heavy atom. The quantitative estimate of drug-likeness (QED) is 0.786. The fraction of sp³-hybridized carbons (Fsp3) is 0.500. The Kier molecular flexibility index (Phi) is 6.38. The van der Waals surface area contributed by atoms with E-state index >= 15 is 0 Å². The lowest BCUT2D eigenvalue weighted by molar-refractivity contribution is -0.156. The van der Waals surface area contributed by atoms with Crippen molar-refractivity contribution in [2.45, 2.75) is 45.2 Å². The zero-order valence-corrected chi connectivity index (χ0v) is 14.6. The van der Waals surface area contributed by atoms with Crippen LogP contribution in [0.3, 0.4) is 0 Å². The van der Waals surface area contributed by atoms with Gasteiger partial charge in [-0.2, -0.15) is 0 Å². The number of likely N-dealkylation sites (tertiary alicyclic amines) is 1. The highest BCUT2D eigenvalue weighted by Crippen LogP contribution is 2.22. The lowest BCUT2D eigenvalue weighted by Gasteiger charge is -2.38. The Labute approximate surface area is 147 Å². The van der Waals surface area contributed by atoms with Gasteiger partial charge in [-0.1, -0.05) is 12.1 Å². The summed E-state index contributed by atoms with van der Waals surface area (Å²) in [5, 5.41) is 0. The van der Waals surface area contributed by atoms with Crippen LogP contribution >= 0.6 is 0 Å². The van der Waals surface area contributed by atoms with Gasteiger partial charge in [-0.25, -0.2) is 4.79 Å². The molecule has 136 valence electrons. The van der Waals surface area contributed by atoms with Crippen molar-refractivity contribution in [2.75, 3.05) is 13.2 Å². The van der Waals surface area contributed by atoms with Gasteiger partial charge < -0.3 is 20.1 Å². The first kappa shape index (κ1) is 18.8. The van der Waals surface area contributed by atoms with Crippen LogP contribution in [-0.2, 0) is 14.3 Å². The molecule has 1 heterocycles. The molecule has 0 aromatic heterocycles. The fourth-order valence-corrected chi connectivity index (χ4v) is 3.10. The second-order valence-corrected chi connectivity index (χ2v) is 6.24. The number of benzene rings is 1. The van der Waals surface area contributed by atoms with E-state index in [9.17, 15) is 14.4 Å². The number of para-hydroxylation sites is 1. The van der Waals surface area contributed by atoms with E-state index in [0.29, 0.717) is 0 Å². The zero-order valence-electron chi connectivity index (χ0n) is 14.6. The van der Waals surface area contributed by atoms with Gasteiger partial charge in [0, 0.05) is 12.1 Å². The van der Waals surface area contributed by atoms with E-state index in [0.717, 1.165) is 19.3 Å². The second kappa shape index (κ2) is 8.50. The minimum absolute atomic E-state index is 0.147. The van der Waals surface area contributed by atoms with Gasteiger partial charge in [-0.3, -0.25) is 9.59 Å². The summed E-state index contributed by atoms with van der Waals surface area (Å²) in [4.78, 5) is 37.2. The monoisotopic (exact) mass is 348 g/mol. The maximum atomic E-state index is 12.3. The predicted molar refractivity (Wildman–Crippen MR) is 91.0 cm³/mol. The molecule has 2 rings (SSSR count). The largest absolute Gasteiger partial charge is 0.481 e. The van der Waals surface area contributed by atoms with Gasteiger partial charge in [0.2, 0.25) is 0 Å². The molecule has 2 atom stereocenters. The molecule has 0 saturated carbocycles.